The Labute approximate surface area is 135 Å². The van der Waals surface area contributed by atoms with Crippen molar-refractivity contribution in [3.05, 3.63) is 54.0 Å². The Morgan fingerprint density at radius 3 is 2.78 bits per heavy atom. The molecule has 1 atom stereocenters. The van der Waals surface area contributed by atoms with Crippen LogP contribution in [-0.2, 0) is 10.2 Å². The molecule has 5 nitrogen and oxygen atoms in total. The van der Waals surface area contributed by atoms with Gasteiger partial charge in [-0.15, -0.1) is 0 Å². The van der Waals surface area contributed by atoms with Crippen LogP contribution >= 0.6 is 0 Å². The van der Waals surface area contributed by atoms with Gasteiger partial charge in [-0.2, -0.15) is 0 Å². The molecule has 23 heavy (non-hydrogen) atoms. The molecule has 0 spiro atoms. The third-order valence-corrected chi connectivity index (χ3v) is 4.38. The van der Waals surface area contributed by atoms with Crippen LogP contribution in [0.15, 0.2) is 47.1 Å². The lowest BCUT2D eigenvalue weighted by molar-refractivity contribution is -0.123. The van der Waals surface area contributed by atoms with Crippen molar-refractivity contribution in [3.63, 3.8) is 0 Å². The third kappa shape index (κ3) is 3.10. The van der Waals surface area contributed by atoms with Gasteiger partial charge in [-0.3, -0.25) is 4.79 Å². The zero-order chi connectivity index (χ0) is 16.3. The second kappa shape index (κ2) is 6.46. The highest BCUT2D eigenvalue weighted by Crippen LogP contribution is 2.51. The molecule has 1 fully saturated rings. The molecule has 1 amide bonds. The number of ether oxygens (including phenoxy) is 1. The second-order valence-corrected chi connectivity index (χ2v) is 5.86. The summed E-state index contributed by atoms with van der Waals surface area (Å²) in [5.41, 5.74) is 0.453. The van der Waals surface area contributed by atoms with Crippen LogP contribution in [0.4, 0.5) is 0 Å². The van der Waals surface area contributed by atoms with Crippen molar-refractivity contribution in [2.24, 2.45) is 0 Å². The number of aliphatic hydroxyl groups is 1. The topological polar surface area (TPSA) is 71.7 Å². The fourth-order valence-corrected chi connectivity index (χ4v) is 2.90. The maximum absolute atomic E-state index is 12.6. The number of hydrogen-bond acceptors (Lipinski definition) is 4. The van der Waals surface area contributed by atoms with E-state index < -0.39 is 11.5 Å². The number of benzene rings is 1. The van der Waals surface area contributed by atoms with Gasteiger partial charge in [0.05, 0.1) is 18.8 Å². The summed E-state index contributed by atoms with van der Waals surface area (Å²) in [6.07, 6.45) is 2.88. The van der Waals surface area contributed by atoms with Crippen molar-refractivity contribution < 1.29 is 19.1 Å². The number of methoxy groups -OCH3 is 1. The van der Waals surface area contributed by atoms with E-state index in [1.165, 1.54) is 6.26 Å². The van der Waals surface area contributed by atoms with Gasteiger partial charge in [0.15, 0.2) is 0 Å². The van der Waals surface area contributed by atoms with E-state index >= 15 is 0 Å². The highest BCUT2D eigenvalue weighted by molar-refractivity contribution is 5.92. The Bertz CT molecular complexity index is 661. The SMILES string of the molecule is COc1ccccc1C1(C(=O)NCCC(O)c2ccco2)CC1. The smallest absolute Gasteiger partial charge is 0.230 e. The van der Waals surface area contributed by atoms with Crippen molar-refractivity contribution in [1.29, 1.82) is 0 Å². The van der Waals surface area contributed by atoms with Crippen molar-refractivity contribution in [2.75, 3.05) is 13.7 Å². The number of rotatable bonds is 7. The normalized spacial score (nSPS) is 16.6. The van der Waals surface area contributed by atoms with Gasteiger partial charge in [0.25, 0.3) is 0 Å². The summed E-state index contributed by atoms with van der Waals surface area (Å²) in [6.45, 7) is 0.400. The molecule has 1 aliphatic rings. The number of nitrogens with one attached hydrogen (secondary N) is 1. The Balaban J connectivity index is 1.60. The summed E-state index contributed by atoms with van der Waals surface area (Å²) in [5.74, 6) is 1.26. The lowest BCUT2D eigenvalue weighted by atomic mass is 9.94. The summed E-state index contributed by atoms with van der Waals surface area (Å²) >= 11 is 0. The maximum atomic E-state index is 12.6. The van der Waals surface area contributed by atoms with Crippen LogP contribution in [0.25, 0.3) is 0 Å². The molecule has 1 aromatic heterocycles. The molecule has 0 aliphatic heterocycles. The first kappa shape index (κ1) is 15.6. The number of carbonyl (C=O) groups excluding carboxylic acids is 1. The van der Waals surface area contributed by atoms with Gasteiger partial charge in [-0.1, -0.05) is 18.2 Å². The Kier molecular flexibility index (Phi) is 4.39. The van der Waals surface area contributed by atoms with E-state index in [0.717, 1.165) is 24.2 Å². The van der Waals surface area contributed by atoms with Crippen LogP contribution in [0.1, 0.15) is 36.7 Å². The van der Waals surface area contributed by atoms with E-state index in [1.807, 2.05) is 24.3 Å². The molecular formula is C18H21NO4. The third-order valence-electron chi connectivity index (χ3n) is 4.38. The largest absolute Gasteiger partial charge is 0.496 e. The predicted molar refractivity (Wildman–Crippen MR) is 85.2 cm³/mol. The number of furan rings is 1. The molecule has 1 aromatic carbocycles. The molecule has 2 N–H and O–H groups in total. The number of para-hydroxylation sites is 1. The molecule has 1 saturated carbocycles. The van der Waals surface area contributed by atoms with Crippen LogP contribution in [-0.4, -0.2) is 24.7 Å². The van der Waals surface area contributed by atoms with Crippen LogP contribution in [0, 0.1) is 0 Å². The molecule has 1 heterocycles. The lowest BCUT2D eigenvalue weighted by Crippen LogP contribution is -2.36. The zero-order valence-electron chi connectivity index (χ0n) is 13.1. The summed E-state index contributed by atoms with van der Waals surface area (Å²) in [7, 11) is 1.62. The van der Waals surface area contributed by atoms with E-state index in [-0.39, 0.29) is 5.91 Å². The first-order valence-electron chi connectivity index (χ1n) is 7.80. The van der Waals surface area contributed by atoms with Crippen molar-refractivity contribution in [2.45, 2.75) is 30.8 Å². The summed E-state index contributed by atoms with van der Waals surface area (Å²) in [5, 5.41) is 12.9. The minimum atomic E-state index is -0.702. The summed E-state index contributed by atoms with van der Waals surface area (Å²) in [4.78, 5) is 12.6. The van der Waals surface area contributed by atoms with Crippen LogP contribution < -0.4 is 10.1 Å². The van der Waals surface area contributed by atoms with Gasteiger partial charge in [0, 0.05) is 12.1 Å². The minimum absolute atomic E-state index is 0.00588. The fraction of sp³-hybridized carbons (Fsp3) is 0.389. The Morgan fingerprint density at radius 2 is 2.13 bits per heavy atom. The van der Waals surface area contributed by atoms with Crippen molar-refractivity contribution in [3.8, 4) is 5.75 Å². The molecule has 122 valence electrons. The van der Waals surface area contributed by atoms with E-state index in [2.05, 4.69) is 5.32 Å². The zero-order valence-corrected chi connectivity index (χ0v) is 13.1. The quantitative estimate of drug-likeness (QED) is 0.824. The maximum Gasteiger partial charge on any atom is 0.230 e. The minimum Gasteiger partial charge on any atom is -0.496 e. The molecule has 3 rings (SSSR count). The Hall–Kier alpha value is -2.27. The average molecular weight is 315 g/mol. The molecule has 2 aromatic rings. The first-order valence-corrected chi connectivity index (χ1v) is 7.80. The standard InChI is InChI=1S/C18H21NO4/c1-22-15-6-3-2-5-13(15)18(9-10-18)17(21)19-11-8-14(20)16-7-4-12-23-16/h2-7,12,14,20H,8-11H2,1H3,(H,19,21). The van der Waals surface area contributed by atoms with Crippen LogP contribution in [0.2, 0.25) is 0 Å². The second-order valence-electron chi connectivity index (χ2n) is 5.86. The van der Waals surface area contributed by atoms with Gasteiger partial charge >= 0.3 is 0 Å². The van der Waals surface area contributed by atoms with Gasteiger partial charge in [0.2, 0.25) is 5.91 Å². The molecule has 0 bridgehead atoms. The van der Waals surface area contributed by atoms with E-state index in [1.54, 1.807) is 19.2 Å². The van der Waals surface area contributed by atoms with Gasteiger partial charge in [0.1, 0.15) is 17.6 Å². The van der Waals surface area contributed by atoms with Crippen LogP contribution in [0.3, 0.4) is 0 Å². The molecule has 0 radical (unpaired) electrons. The number of hydrogen-bond donors (Lipinski definition) is 2. The van der Waals surface area contributed by atoms with E-state index in [9.17, 15) is 9.90 Å². The highest BCUT2D eigenvalue weighted by atomic mass is 16.5. The summed E-state index contributed by atoms with van der Waals surface area (Å²) < 4.78 is 10.5. The fourth-order valence-electron chi connectivity index (χ4n) is 2.90. The number of amides is 1. The van der Waals surface area contributed by atoms with Gasteiger partial charge < -0.3 is 19.6 Å². The van der Waals surface area contributed by atoms with E-state index in [0.29, 0.717) is 18.7 Å². The molecule has 1 aliphatic carbocycles. The summed E-state index contributed by atoms with van der Waals surface area (Å²) in [6, 6.07) is 11.1. The van der Waals surface area contributed by atoms with Crippen molar-refractivity contribution >= 4 is 5.91 Å². The van der Waals surface area contributed by atoms with Crippen LogP contribution in [0.5, 0.6) is 5.75 Å². The molecule has 0 saturated heterocycles. The highest BCUT2D eigenvalue weighted by Gasteiger charge is 2.52. The van der Waals surface area contributed by atoms with Gasteiger partial charge in [-0.05, 0) is 37.5 Å². The van der Waals surface area contributed by atoms with Gasteiger partial charge in [-0.25, -0.2) is 0 Å². The predicted octanol–water partition coefficient (Wildman–Crippen LogP) is 2.56. The monoisotopic (exact) mass is 315 g/mol. The number of carbonyl (C=O) groups is 1. The lowest BCUT2D eigenvalue weighted by Gasteiger charge is -2.19. The molecular weight excluding hydrogens is 294 g/mol. The first-order chi connectivity index (χ1) is 11.2. The number of aliphatic hydroxyl groups excluding tert-OH is 1. The Morgan fingerprint density at radius 1 is 1.35 bits per heavy atom. The van der Waals surface area contributed by atoms with Crippen molar-refractivity contribution in [1.82, 2.24) is 5.32 Å². The molecule has 5 heteroatoms. The van der Waals surface area contributed by atoms with E-state index in [4.69, 9.17) is 9.15 Å². The molecule has 1 unspecified atom stereocenters. The average Bonchev–Trinajstić information content (AvgIpc) is 3.20.